The highest BCUT2D eigenvalue weighted by Gasteiger charge is 2.61. The number of nitrogens with zero attached hydrogens (tertiary/aromatic N) is 4. The Hall–Kier alpha value is -3.29. The van der Waals surface area contributed by atoms with Crippen molar-refractivity contribution < 1.29 is 37.4 Å². The monoisotopic (exact) mass is 667 g/mol. The summed E-state index contributed by atoms with van der Waals surface area (Å²) in [6, 6.07) is 8.22. The summed E-state index contributed by atoms with van der Waals surface area (Å²) < 4.78 is 36.4. The lowest BCUT2D eigenvalue weighted by atomic mass is 10.0. The highest BCUT2D eigenvalue weighted by molar-refractivity contribution is 7.41. The maximum absolute atomic E-state index is 13.0. The number of halogens is 1. The highest BCUT2D eigenvalue weighted by Crippen LogP contribution is 2.52. The number of benzene rings is 1. The normalized spacial score (nSPS) is 26.2. The first-order chi connectivity index (χ1) is 21.7. The van der Waals surface area contributed by atoms with Crippen LogP contribution in [0.4, 0.5) is 0 Å². The molecule has 0 amide bonds. The minimum Gasteiger partial charge on any atom is -0.455 e. The fourth-order valence-corrected chi connectivity index (χ4v) is 6.17. The van der Waals surface area contributed by atoms with E-state index in [1.807, 2.05) is 19.9 Å². The number of ether oxygens (including phenoxy) is 3. The van der Waals surface area contributed by atoms with Crippen LogP contribution in [0.15, 0.2) is 51.2 Å². The molecular formula is C28H35ClN5O10P. The molecule has 1 aromatic heterocycles. The van der Waals surface area contributed by atoms with Gasteiger partial charge in [-0.05, 0) is 36.1 Å². The number of rotatable bonds is 14. The van der Waals surface area contributed by atoms with Gasteiger partial charge in [0.2, 0.25) is 5.72 Å². The molecule has 6 atom stereocenters. The Labute approximate surface area is 264 Å². The van der Waals surface area contributed by atoms with Crippen molar-refractivity contribution in [3.05, 3.63) is 78.4 Å². The van der Waals surface area contributed by atoms with Gasteiger partial charge >= 0.3 is 26.2 Å². The Bertz CT molecular complexity index is 1500. The Morgan fingerprint density at radius 3 is 2.58 bits per heavy atom. The largest absolute Gasteiger partial charge is 0.455 e. The molecule has 2 fully saturated rings. The molecule has 2 aliphatic heterocycles. The van der Waals surface area contributed by atoms with Crippen LogP contribution in [-0.2, 0) is 37.4 Å². The summed E-state index contributed by atoms with van der Waals surface area (Å²) in [5.41, 5.74) is 6.74. The maximum atomic E-state index is 13.0. The summed E-state index contributed by atoms with van der Waals surface area (Å²) in [5.74, 6) is -1.34. The van der Waals surface area contributed by atoms with Crippen LogP contribution < -0.4 is 11.2 Å². The Balaban J connectivity index is 1.69. The van der Waals surface area contributed by atoms with E-state index >= 15 is 0 Å². The van der Waals surface area contributed by atoms with Gasteiger partial charge in [0, 0.05) is 41.5 Å². The van der Waals surface area contributed by atoms with E-state index in [2.05, 4.69) is 15.0 Å². The number of nitrogens with one attached hydrogen (secondary N) is 1. The van der Waals surface area contributed by atoms with Crippen LogP contribution in [0.5, 0.6) is 0 Å². The lowest BCUT2D eigenvalue weighted by Crippen LogP contribution is -2.49. The van der Waals surface area contributed by atoms with Gasteiger partial charge in [0.1, 0.15) is 0 Å². The molecule has 0 aliphatic carbocycles. The van der Waals surface area contributed by atoms with Crippen LogP contribution in [0.1, 0.15) is 76.7 Å². The van der Waals surface area contributed by atoms with Gasteiger partial charge in [-0.25, -0.2) is 4.79 Å². The number of carbonyl (C=O) groups is 2. The van der Waals surface area contributed by atoms with Crippen molar-refractivity contribution in [3.8, 4) is 0 Å². The van der Waals surface area contributed by atoms with Crippen LogP contribution in [0, 0.1) is 0 Å². The van der Waals surface area contributed by atoms with E-state index in [1.54, 1.807) is 18.2 Å². The van der Waals surface area contributed by atoms with Gasteiger partial charge in [-0.2, -0.15) is 0 Å². The fraction of sp³-hybridized carbons (Fsp3) is 0.571. The average Bonchev–Trinajstić information content (AvgIpc) is 3.30. The molecule has 45 heavy (non-hydrogen) atoms. The zero-order chi connectivity index (χ0) is 32.4. The molecule has 0 bridgehead atoms. The van der Waals surface area contributed by atoms with Gasteiger partial charge in [0.25, 0.3) is 5.56 Å². The molecule has 2 saturated heterocycles. The summed E-state index contributed by atoms with van der Waals surface area (Å²) >= 11 is 6.15. The highest BCUT2D eigenvalue weighted by atomic mass is 35.5. The number of aromatic nitrogens is 2. The predicted molar refractivity (Wildman–Crippen MR) is 161 cm³/mol. The molecule has 2 aliphatic rings. The number of azide groups is 1. The van der Waals surface area contributed by atoms with Crippen LogP contribution in [0.25, 0.3) is 10.4 Å². The Morgan fingerprint density at radius 2 is 1.91 bits per heavy atom. The number of esters is 2. The standard InChI is InChI=1S/C28H35ClN5O10P/c1-3-5-10-22(36)41-24-25(42-23(37)11-6-4-2)28(32-33-30,43-26(24)34-14-12-21(35)31-27(34)38)17-40-45-39-15-13-20(44-45)18-8-7-9-19(29)16-18/h7-9,12,14,16,20,24-26H,3-6,10-11,13,15,17H2,1-2H3,(H,31,35,38)/t20-,24+,25-,26?,28+,45?/m0/s1. The van der Waals surface area contributed by atoms with E-state index in [0.717, 1.165) is 22.4 Å². The summed E-state index contributed by atoms with van der Waals surface area (Å²) in [6.45, 7) is 3.49. The maximum Gasteiger partial charge on any atom is 0.333 e. The molecule has 17 heteroatoms. The van der Waals surface area contributed by atoms with Gasteiger partial charge in [-0.3, -0.25) is 23.9 Å². The third kappa shape index (κ3) is 8.92. The number of unbranched alkanes of at least 4 members (excludes halogenated alkanes) is 2. The van der Waals surface area contributed by atoms with Crippen molar-refractivity contribution >= 4 is 32.1 Å². The fourth-order valence-electron chi connectivity index (χ4n) is 4.79. The van der Waals surface area contributed by atoms with Crippen molar-refractivity contribution in [1.82, 2.24) is 9.55 Å². The minimum absolute atomic E-state index is 0.0141. The van der Waals surface area contributed by atoms with E-state index in [4.69, 9.17) is 39.4 Å². The van der Waals surface area contributed by atoms with Gasteiger partial charge < -0.3 is 27.8 Å². The second-order valence-corrected chi connectivity index (χ2v) is 12.0. The van der Waals surface area contributed by atoms with E-state index in [0.29, 0.717) is 37.1 Å². The molecule has 0 saturated carbocycles. The van der Waals surface area contributed by atoms with Crippen LogP contribution in [0.3, 0.4) is 0 Å². The van der Waals surface area contributed by atoms with Crippen LogP contribution in [-0.4, -0.2) is 52.6 Å². The molecular weight excluding hydrogens is 633 g/mol. The summed E-state index contributed by atoms with van der Waals surface area (Å²) in [6.07, 6.45) is -0.840. The average molecular weight is 668 g/mol. The molecule has 1 N–H and O–H groups in total. The summed E-state index contributed by atoms with van der Waals surface area (Å²) in [5, 5.41) is 4.38. The summed E-state index contributed by atoms with van der Waals surface area (Å²) in [4.78, 5) is 55.6. The number of hydrogen-bond acceptors (Lipinski definition) is 11. The number of hydrogen-bond donors (Lipinski definition) is 1. The first-order valence-electron chi connectivity index (χ1n) is 14.6. The van der Waals surface area contributed by atoms with Crippen molar-refractivity contribution in [3.63, 3.8) is 0 Å². The third-order valence-corrected chi connectivity index (χ3v) is 8.47. The minimum atomic E-state index is -2.15. The second kappa shape index (κ2) is 16.3. The Morgan fingerprint density at radius 1 is 1.18 bits per heavy atom. The van der Waals surface area contributed by atoms with E-state index in [9.17, 15) is 24.7 Å². The first-order valence-corrected chi connectivity index (χ1v) is 16.1. The zero-order valence-corrected chi connectivity index (χ0v) is 26.5. The number of aromatic amines is 1. The lowest BCUT2D eigenvalue weighted by molar-refractivity contribution is -0.173. The molecule has 2 unspecified atom stereocenters. The Kier molecular flexibility index (Phi) is 12.5. The van der Waals surface area contributed by atoms with Crippen LogP contribution in [0.2, 0.25) is 5.02 Å². The zero-order valence-electron chi connectivity index (χ0n) is 24.8. The smallest absolute Gasteiger partial charge is 0.333 e. The van der Waals surface area contributed by atoms with Gasteiger partial charge in [-0.15, -0.1) is 0 Å². The van der Waals surface area contributed by atoms with Crippen molar-refractivity contribution in [2.75, 3.05) is 13.2 Å². The first kappa shape index (κ1) is 34.6. The SMILES string of the molecule is CCCCC(=O)O[C@H]1C(n2ccc(=O)[nH]c2=O)O[C@@](COP2OCC[C@@H](c3cccc(Cl)c3)O2)(N=[N+]=[N-])[C@H]1OC(=O)CCCC. The molecule has 0 radical (unpaired) electrons. The van der Waals surface area contributed by atoms with Crippen molar-refractivity contribution in [1.29, 1.82) is 0 Å². The molecule has 4 rings (SSSR count). The molecule has 1 aromatic carbocycles. The van der Waals surface area contributed by atoms with Crippen molar-refractivity contribution in [2.24, 2.45) is 5.11 Å². The van der Waals surface area contributed by atoms with E-state index in [1.165, 1.54) is 0 Å². The second-order valence-electron chi connectivity index (χ2n) is 10.4. The molecule has 15 nitrogen and oxygen atoms in total. The van der Waals surface area contributed by atoms with Gasteiger partial charge in [0.15, 0.2) is 18.4 Å². The topological polar surface area (TPSA) is 193 Å². The molecule has 244 valence electrons. The summed E-state index contributed by atoms with van der Waals surface area (Å²) in [7, 11) is -2.04. The molecule has 2 aromatic rings. The van der Waals surface area contributed by atoms with Gasteiger partial charge in [0.05, 0.1) is 19.3 Å². The molecule has 3 heterocycles. The molecule has 0 spiro atoms. The third-order valence-electron chi connectivity index (χ3n) is 7.07. The predicted octanol–water partition coefficient (Wildman–Crippen LogP) is 5.35. The van der Waals surface area contributed by atoms with Crippen LogP contribution >= 0.6 is 20.2 Å². The lowest BCUT2D eigenvalue weighted by Gasteiger charge is -2.33. The van der Waals surface area contributed by atoms with Gasteiger partial charge in [-0.1, -0.05) is 55.5 Å². The van der Waals surface area contributed by atoms with E-state index < -0.39 is 68.7 Å². The number of H-pyrrole nitrogens is 1. The number of carbonyl (C=O) groups excluding carboxylic acids is 2. The van der Waals surface area contributed by atoms with E-state index in [-0.39, 0.29) is 19.4 Å². The quantitative estimate of drug-likeness (QED) is 0.0902. The van der Waals surface area contributed by atoms with Crippen molar-refractivity contribution in [2.45, 2.75) is 89.1 Å².